The maximum Gasteiger partial charge on any atom is 0.430 e. The average molecular weight is 600 g/mol. The van der Waals surface area contributed by atoms with E-state index in [1.54, 1.807) is 45.9 Å². The number of carbonyl (C=O) groups is 1. The van der Waals surface area contributed by atoms with Crippen molar-refractivity contribution in [3.05, 3.63) is 75.3 Å². The van der Waals surface area contributed by atoms with E-state index in [4.69, 9.17) is 21.1 Å². The summed E-state index contributed by atoms with van der Waals surface area (Å²) in [6.07, 6.45) is 1.91. The van der Waals surface area contributed by atoms with Crippen LogP contribution in [0.25, 0.3) is 6.08 Å². The zero-order chi connectivity index (χ0) is 29.0. The van der Waals surface area contributed by atoms with Gasteiger partial charge in [0.05, 0.1) is 35.1 Å². The van der Waals surface area contributed by atoms with Gasteiger partial charge in [-0.25, -0.2) is 27.0 Å². The second-order valence-electron chi connectivity index (χ2n) is 9.26. The van der Waals surface area contributed by atoms with Crippen molar-refractivity contribution in [2.45, 2.75) is 51.2 Å². The van der Waals surface area contributed by atoms with E-state index in [9.17, 15) is 17.6 Å². The van der Waals surface area contributed by atoms with Crippen molar-refractivity contribution in [2.75, 3.05) is 16.2 Å². The molecule has 0 saturated heterocycles. The van der Waals surface area contributed by atoms with Crippen molar-refractivity contribution in [1.29, 1.82) is 0 Å². The number of nitrogens with one attached hydrogen (secondary N) is 1. The van der Waals surface area contributed by atoms with Crippen LogP contribution in [-0.4, -0.2) is 31.7 Å². The topological polar surface area (TPSA) is 97.8 Å². The van der Waals surface area contributed by atoms with Crippen molar-refractivity contribution in [2.24, 2.45) is 0 Å². The lowest BCUT2D eigenvalue weighted by Crippen LogP contribution is -2.41. The molecule has 3 rings (SSSR count). The van der Waals surface area contributed by atoms with E-state index < -0.39 is 44.3 Å². The first-order valence-corrected chi connectivity index (χ1v) is 14.5. The van der Waals surface area contributed by atoms with Gasteiger partial charge in [-0.15, -0.1) is 15.6 Å². The van der Waals surface area contributed by atoms with Gasteiger partial charge in [-0.1, -0.05) is 17.7 Å². The Hall–Kier alpha value is -3.22. The number of ether oxygens (including phenoxy) is 2. The molecule has 1 N–H and O–H groups in total. The molecule has 1 amide bonds. The van der Waals surface area contributed by atoms with Gasteiger partial charge in [-0.05, 0) is 70.5 Å². The Balaban J connectivity index is 1.95. The maximum absolute atomic E-state index is 15.3. The minimum Gasteiger partial charge on any atom is -0.501 e. The van der Waals surface area contributed by atoms with Crippen LogP contribution >= 0.6 is 22.9 Å². The van der Waals surface area contributed by atoms with Crippen LogP contribution in [0.2, 0.25) is 5.02 Å². The molecule has 0 bridgehead atoms. The first kappa shape index (κ1) is 30.3. The zero-order valence-electron chi connectivity index (χ0n) is 21.9. The molecular weight excluding hydrogens is 572 g/mol. The number of rotatable bonds is 9. The van der Waals surface area contributed by atoms with Crippen LogP contribution in [0, 0.1) is 11.6 Å². The van der Waals surface area contributed by atoms with Crippen LogP contribution in [0.1, 0.15) is 51.8 Å². The molecule has 2 aromatic carbocycles. The molecule has 0 aliphatic rings. The molecule has 13 heteroatoms. The SMILES string of the molecule is CCOC=Cc1ccc(F)c([C@H](C)Nc2cc(F)c(S(=O)(=O)N(C(=O)OC(C)(C)C)c3cscn3)cc2Cl)c1. The van der Waals surface area contributed by atoms with E-state index in [1.807, 2.05) is 6.92 Å². The summed E-state index contributed by atoms with van der Waals surface area (Å²) in [6.45, 7) is 8.63. The van der Waals surface area contributed by atoms with Gasteiger partial charge in [-0.2, -0.15) is 0 Å². The second-order valence-corrected chi connectivity index (χ2v) is 12.1. The molecule has 1 aromatic heterocycles. The van der Waals surface area contributed by atoms with E-state index >= 15 is 4.39 Å². The number of anilines is 2. The fourth-order valence-electron chi connectivity index (χ4n) is 3.39. The van der Waals surface area contributed by atoms with Crippen molar-refractivity contribution in [1.82, 2.24) is 4.98 Å². The van der Waals surface area contributed by atoms with Crippen LogP contribution in [0.3, 0.4) is 0 Å². The smallest absolute Gasteiger partial charge is 0.430 e. The number of amides is 1. The molecule has 8 nitrogen and oxygen atoms in total. The van der Waals surface area contributed by atoms with Crippen LogP contribution in [0.4, 0.5) is 25.1 Å². The van der Waals surface area contributed by atoms with Gasteiger partial charge in [0.25, 0.3) is 10.0 Å². The lowest BCUT2D eigenvalue weighted by Gasteiger charge is -2.26. The highest BCUT2D eigenvalue weighted by Gasteiger charge is 2.38. The summed E-state index contributed by atoms with van der Waals surface area (Å²) in [6, 6.07) is 5.53. The number of thiazole rings is 1. The Labute approximate surface area is 235 Å². The summed E-state index contributed by atoms with van der Waals surface area (Å²) in [5.74, 6) is -1.95. The molecule has 210 valence electrons. The Morgan fingerprint density at radius 3 is 2.56 bits per heavy atom. The van der Waals surface area contributed by atoms with E-state index in [-0.39, 0.29) is 26.4 Å². The highest BCUT2D eigenvalue weighted by Crippen LogP contribution is 2.34. The standard InChI is InChI=1S/C26H28ClF2N3O5S2/c1-6-36-10-9-17-7-8-20(28)18(11-17)16(2)31-22-13-21(29)23(12-19(22)27)39(34,35)32(24-14-38-15-30-24)25(33)37-26(3,4)5/h7-16,31H,6H2,1-5H3/t16-/m0/s1. The summed E-state index contributed by atoms with van der Waals surface area (Å²) in [4.78, 5) is 15.9. The number of benzene rings is 2. The van der Waals surface area contributed by atoms with E-state index in [2.05, 4.69) is 10.3 Å². The van der Waals surface area contributed by atoms with Gasteiger partial charge in [0.15, 0.2) is 5.82 Å². The molecule has 0 unspecified atom stereocenters. The zero-order valence-corrected chi connectivity index (χ0v) is 24.3. The van der Waals surface area contributed by atoms with Gasteiger partial charge >= 0.3 is 6.09 Å². The average Bonchev–Trinajstić information content (AvgIpc) is 3.35. The second kappa shape index (κ2) is 12.3. The van der Waals surface area contributed by atoms with Crippen LogP contribution in [-0.2, 0) is 19.5 Å². The Kier molecular flexibility index (Phi) is 9.57. The van der Waals surface area contributed by atoms with Crippen molar-refractivity contribution < 1.29 is 31.5 Å². The molecule has 0 aliphatic carbocycles. The van der Waals surface area contributed by atoms with Gasteiger partial charge < -0.3 is 14.8 Å². The van der Waals surface area contributed by atoms with Gasteiger partial charge in [0.2, 0.25) is 0 Å². The number of hydrogen-bond acceptors (Lipinski definition) is 8. The lowest BCUT2D eigenvalue weighted by atomic mass is 10.0. The molecule has 1 atom stereocenters. The third-order valence-electron chi connectivity index (χ3n) is 5.11. The quantitative estimate of drug-likeness (QED) is 0.256. The molecule has 0 spiro atoms. The molecule has 0 radical (unpaired) electrons. The van der Waals surface area contributed by atoms with Crippen molar-refractivity contribution in [3.63, 3.8) is 0 Å². The number of hydrogen-bond donors (Lipinski definition) is 1. The molecule has 0 aliphatic heterocycles. The normalized spacial score (nSPS) is 12.8. The predicted molar refractivity (Wildman–Crippen MR) is 149 cm³/mol. The first-order chi connectivity index (χ1) is 18.2. The summed E-state index contributed by atoms with van der Waals surface area (Å²) in [5.41, 5.74) is 1.25. The Morgan fingerprint density at radius 2 is 1.95 bits per heavy atom. The Bertz CT molecular complexity index is 1460. The summed E-state index contributed by atoms with van der Waals surface area (Å²) in [5, 5.41) is 4.05. The minimum absolute atomic E-state index is 0.0211. The van der Waals surface area contributed by atoms with Crippen LogP contribution in [0.15, 0.2) is 52.4 Å². The molecule has 39 heavy (non-hydrogen) atoms. The monoisotopic (exact) mass is 599 g/mol. The summed E-state index contributed by atoms with van der Waals surface area (Å²) < 4.78 is 67.6. The van der Waals surface area contributed by atoms with Crippen LogP contribution < -0.4 is 9.62 Å². The minimum atomic E-state index is -4.83. The molecule has 3 aromatic rings. The maximum atomic E-state index is 15.3. The summed E-state index contributed by atoms with van der Waals surface area (Å²) >= 11 is 7.39. The van der Waals surface area contributed by atoms with Crippen molar-refractivity contribution in [3.8, 4) is 0 Å². The van der Waals surface area contributed by atoms with Gasteiger partial charge in [-0.3, -0.25) is 0 Å². The van der Waals surface area contributed by atoms with E-state index in [1.165, 1.54) is 23.2 Å². The summed E-state index contributed by atoms with van der Waals surface area (Å²) in [7, 11) is -4.83. The van der Waals surface area contributed by atoms with E-state index in [0.29, 0.717) is 12.2 Å². The number of aromatic nitrogens is 1. The van der Waals surface area contributed by atoms with Crippen molar-refractivity contribution >= 4 is 56.6 Å². The number of nitrogens with zero attached hydrogens (tertiary/aromatic N) is 2. The van der Waals surface area contributed by atoms with Gasteiger partial charge in [0, 0.05) is 10.9 Å². The third-order valence-corrected chi connectivity index (χ3v) is 7.68. The highest BCUT2D eigenvalue weighted by atomic mass is 35.5. The predicted octanol–water partition coefficient (Wildman–Crippen LogP) is 7.39. The highest BCUT2D eigenvalue weighted by molar-refractivity contribution is 7.93. The third kappa shape index (κ3) is 7.46. The number of sulfonamides is 1. The Morgan fingerprint density at radius 1 is 1.23 bits per heavy atom. The largest absolute Gasteiger partial charge is 0.501 e. The number of carbonyl (C=O) groups excluding carboxylic acids is 1. The lowest BCUT2D eigenvalue weighted by molar-refractivity contribution is 0.0608. The molecular formula is C26H28ClF2N3O5S2. The molecule has 0 fully saturated rings. The fourth-order valence-corrected chi connectivity index (χ4v) is 5.61. The van der Waals surface area contributed by atoms with Crippen LogP contribution in [0.5, 0.6) is 0 Å². The first-order valence-electron chi connectivity index (χ1n) is 11.7. The number of halogens is 3. The van der Waals surface area contributed by atoms with Gasteiger partial charge in [0.1, 0.15) is 22.1 Å². The molecule has 1 heterocycles. The van der Waals surface area contributed by atoms with E-state index in [0.717, 1.165) is 23.5 Å². The molecule has 0 saturated carbocycles. The fraction of sp³-hybridized carbons (Fsp3) is 0.308.